The van der Waals surface area contributed by atoms with Gasteiger partial charge in [0.05, 0.1) is 5.52 Å². The number of aryl methyl sites for hydroxylation is 1. The van der Waals surface area contributed by atoms with Crippen molar-refractivity contribution in [3.63, 3.8) is 0 Å². The maximum Gasteiger partial charge on any atom is 0.227 e. The Labute approximate surface area is 136 Å². The van der Waals surface area contributed by atoms with Gasteiger partial charge in [-0.25, -0.2) is 4.98 Å². The smallest absolute Gasteiger partial charge is 0.227 e. The number of hydrogen-bond acceptors (Lipinski definition) is 4. The lowest BCUT2D eigenvalue weighted by atomic mass is 10.2. The SMILES string of the molecule is Cc1ccccc1Nc1nc(N2CCCC2)nc2ccccc12. The molecule has 0 saturated carbocycles. The van der Waals surface area contributed by atoms with Crippen LogP contribution in [0, 0.1) is 6.92 Å². The predicted octanol–water partition coefficient (Wildman–Crippen LogP) is 4.28. The van der Waals surface area contributed by atoms with Gasteiger partial charge in [-0.15, -0.1) is 0 Å². The van der Waals surface area contributed by atoms with E-state index in [4.69, 9.17) is 9.97 Å². The van der Waals surface area contributed by atoms with Crippen LogP contribution >= 0.6 is 0 Å². The van der Waals surface area contributed by atoms with Gasteiger partial charge < -0.3 is 10.2 Å². The Morgan fingerprint density at radius 2 is 1.65 bits per heavy atom. The first-order chi connectivity index (χ1) is 11.3. The molecule has 116 valence electrons. The Balaban J connectivity index is 1.81. The summed E-state index contributed by atoms with van der Waals surface area (Å²) < 4.78 is 0. The Morgan fingerprint density at radius 1 is 0.913 bits per heavy atom. The molecular formula is C19H20N4. The number of fused-ring (bicyclic) bond motifs is 1. The second kappa shape index (κ2) is 5.88. The van der Waals surface area contributed by atoms with E-state index in [9.17, 15) is 0 Å². The molecule has 1 saturated heterocycles. The first-order valence-corrected chi connectivity index (χ1v) is 8.16. The van der Waals surface area contributed by atoms with Crippen molar-refractivity contribution in [2.24, 2.45) is 0 Å². The number of anilines is 3. The first-order valence-electron chi connectivity index (χ1n) is 8.16. The largest absolute Gasteiger partial charge is 0.341 e. The Bertz CT molecular complexity index is 838. The molecule has 1 aliphatic heterocycles. The molecule has 1 fully saturated rings. The number of hydrogen-bond donors (Lipinski definition) is 1. The van der Waals surface area contributed by atoms with Crippen molar-refractivity contribution in [2.45, 2.75) is 19.8 Å². The minimum absolute atomic E-state index is 0.831. The van der Waals surface area contributed by atoms with Crippen molar-refractivity contribution in [1.29, 1.82) is 0 Å². The van der Waals surface area contributed by atoms with Gasteiger partial charge >= 0.3 is 0 Å². The van der Waals surface area contributed by atoms with Crippen LogP contribution in [0.5, 0.6) is 0 Å². The molecule has 3 aromatic rings. The maximum absolute atomic E-state index is 4.82. The lowest BCUT2D eigenvalue weighted by Crippen LogP contribution is -2.20. The normalized spacial score (nSPS) is 14.4. The predicted molar refractivity (Wildman–Crippen MR) is 95.4 cm³/mol. The zero-order valence-corrected chi connectivity index (χ0v) is 13.3. The van der Waals surface area contributed by atoms with Gasteiger partial charge in [-0.2, -0.15) is 4.98 Å². The van der Waals surface area contributed by atoms with Crippen LogP contribution in [-0.2, 0) is 0 Å². The van der Waals surface area contributed by atoms with Crippen LogP contribution in [0.25, 0.3) is 10.9 Å². The highest BCUT2D eigenvalue weighted by Gasteiger charge is 2.17. The van der Waals surface area contributed by atoms with Crippen molar-refractivity contribution in [3.05, 3.63) is 54.1 Å². The van der Waals surface area contributed by atoms with Gasteiger partial charge in [0.15, 0.2) is 0 Å². The van der Waals surface area contributed by atoms with Gasteiger partial charge in [0.25, 0.3) is 0 Å². The molecule has 0 radical (unpaired) electrons. The second-order valence-corrected chi connectivity index (χ2v) is 6.02. The van der Waals surface area contributed by atoms with E-state index in [1.165, 1.54) is 18.4 Å². The molecule has 0 aliphatic carbocycles. The van der Waals surface area contributed by atoms with E-state index in [0.29, 0.717) is 0 Å². The number of aromatic nitrogens is 2. The number of benzene rings is 2. The molecule has 0 amide bonds. The molecule has 1 aromatic heterocycles. The lowest BCUT2D eigenvalue weighted by Gasteiger charge is -2.18. The van der Waals surface area contributed by atoms with E-state index < -0.39 is 0 Å². The number of nitrogens with one attached hydrogen (secondary N) is 1. The van der Waals surface area contributed by atoms with Crippen molar-refractivity contribution in [3.8, 4) is 0 Å². The molecular weight excluding hydrogens is 284 g/mol. The van der Waals surface area contributed by atoms with Crippen molar-refractivity contribution in [2.75, 3.05) is 23.3 Å². The lowest BCUT2D eigenvalue weighted by molar-refractivity contribution is 0.908. The zero-order chi connectivity index (χ0) is 15.6. The molecule has 1 aliphatic rings. The van der Waals surface area contributed by atoms with Crippen LogP contribution in [0.15, 0.2) is 48.5 Å². The third-order valence-electron chi connectivity index (χ3n) is 4.38. The molecule has 4 rings (SSSR count). The van der Waals surface area contributed by atoms with E-state index in [0.717, 1.165) is 41.4 Å². The summed E-state index contributed by atoms with van der Waals surface area (Å²) in [6.45, 7) is 4.19. The van der Waals surface area contributed by atoms with Crippen LogP contribution < -0.4 is 10.2 Å². The van der Waals surface area contributed by atoms with Crippen LogP contribution in [0.1, 0.15) is 18.4 Å². The van der Waals surface area contributed by atoms with Crippen molar-refractivity contribution in [1.82, 2.24) is 9.97 Å². The van der Waals surface area contributed by atoms with Gasteiger partial charge in [-0.05, 0) is 43.5 Å². The summed E-state index contributed by atoms with van der Waals surface area (Å²) in [6.07, 6.45) is 2.44. The van der Waals surface area contributed by atoms with E-state index in [1.807, 2.05) is 24.3 Å². The summed E-state index contributed by atoms with van der Waals surface area (Å²) >= 11 is 0. The van der Waals surface area contributed by atoms with Crippen LogP contribution in [-0.4, -0.2) is 23.1 Å². The molecule has 0 bridgehead atoms. The van der Waals surface area contributed by atoms with Crippen LogP contribution in [0.2, 0.25) is 0 Å². The summed E-state index contributed by atoms with van der Waals surface area (Å²) in [7, 11) is 0. The molecule has 4 nitrogen and oxygen atoms in total. The topological polar surface area (TPSA) is 41.1 Å². The van der Waals surface area contributed by atoms with Crippen molar-refractivity contribution >= 4 is 28.4 Å². The molecule has 4 heteroatoms. The minimum Gasteiger partial charge on any atom is -0.341 e. The second-order valence-electron chi connectivity index (χ2n) is 6.02. The monoisotopic (exact) mass is 304 g/mol. The van der Waals surface area contributed by atoms with Gasteiger partial charge in [0.1, 0.15) is 5.82 Å². The maximum atomic E-state index is 4.82. The Morgan fingerprint density at radius 3 is 2.48 bits per heavy atom. The highest BCUT2D eigenvalue weighted by Crippen LogP contribution is 2.28. The summed E-state index contributed by atoms with van der Waals surface area (Å²) in [5, 5.41) is 4.56. The van der Waals surface area contributed by atoms with E-state index in [-0.39, 0.29) is 0 Å². The fraction of sp³-hybridized carbons (Fsp3) is 0.263. The van der Waals surface area contributed by atoms with Crippen LogP contribution in [0.3, 0.4) is 0 Å². The molecule has 0 spiro atoms. The van der Waals surface area contributed by atoms with Gasteiger partial charge in [0, 0.05) is 24.2 Å². The fourth-order valence-electron chi connectivity index (χ4n) is 3.06. The molecule has 0 atom stereocenters. The Kier molecular flexibility index (Phi) is 3.58. The van der Waals surface area contributed by atoms with Gasteiger partial charge in [-0.3, -0.25) is 0 Å². The van der Waals surface area contributed by atoms with E-state index in [1.54, 1.807) is 0 Å². The quantitative estimate of drug-likeness (QED) is 0.784. The first kappa shape index (κ1) is 14.0. The minimum atomic E-state index is 0.831. The van der Waals surface area contributed by atoms with Gasteiger partial charge in [-0.1, -0.05) is 30.3 Å². The summed E-state index contributed by atoms with van der Waals surface area (Å²) in [5.41, 5.74) is 3.28. The third-order valence-corrected chi connectivity index (χ3v) is 4.38. The highest BCUT2D eigenvalue weighted by molar-refractivity contribution is 5.92. The summed E-state index contributed by atoms with van der Waals surface area (Å²) in [6, 6.07) is 16.5. The number of rotatable bonds is 3. The Hall–Kier alpha value is -2.62. The summed E-state index contributed by atoms with van der Waals surface area (Å²) in [5.74, 6) is 1.71. The molecule has 1 N–H and O–H groups in total. The van der Waals surface area contributed by atoms with Crippen LogP contribution in [0.4, 0.5) is 17.5 Å². The van der Waals surface area contributed by atoms with Gasteiger partial charge in [0.2, 0.25) is 5.95 Å². The highest BCUT2D eigenvalue weighted by atomic mass is 15.3. The number of nitrogens with zero attached hydrogens (tertiary/aromatic N) is 3. The van der Waals surface area contributed by atoms with E-state index >= 15 is 0 Å². The molecule has 2 aromatic carbocycles. The van der Waals surface area contributed by atoms with Crippen molar-refractivity contribution < 1.29 is 0 Å². The molecule has 2 heterocycles. The molecule has 0 unspecified atom stereocenters. The summed E-state index contributed by atoms with van der Waals surface area (Å²) in [4.78, 5) is 11.9. The zero-order valence-electron chi connectivity index (χ0n) is 13.3. The number of para-hydroxylation sites is 2. The third kappa shape index (κ3) is 2.72. The average molecular weight is 304 g/mol. The fourth-order valence-corrected chi connectivity index (χ4v) is 3.06. The standard InChI is InChI=1S/C19H20N4/c1-14-8-2-4-10-16(14)20-18-15-9-3-5-11-17(15)21-19(22-18)23-12-6-7-13-23/h2-5,8-11H,6-7,12-13H2,1H3,(H,20,21,22). The molecule has 23 heavy (non-hydrogen) atoms. The van der Waals surface area contributed by atoms with E-state index in [2.05, 4.69) is 41.4 Å². The average Bonchev–Trinajstić information content (AvgIpc) is 3.11.